The van der Waals surface area contributed by atoms with Crippen molar-refractivity contribution in [3.63, 3.8) is 0 Å². The molecule has 2 aromatic heterocycles. The topological polar surface area (TPSA) is 68.2 Å². The molecular weight excluding hydrogens is 288 g/mol. The van der Waals surface area contributed by atoms with Crippen molar-refractivity contribution in [1.29, 1.82) is 0 Å². The second kappa shape index (κ2) is 5.34. The second-order valence-electron chi connectivity index (χ2n) is 7.15. The van der Waals surface area contributed by atoms with Crippen LogP contribution in [0.4, 0.5) is 5.95 Å². The Morgan fingerprint density at radius 3 is 3.00 bits per heavy atom. The Hall–Kier alpha value is -1.88. The van der Waals surface area contributed by atoms with Gasteiger partial charge in [-0.05, 0) is 63.3 Å². The van der Waals surface area contributed by atoms with Gasteiger partial charge in [0.2, 0.25) is 5.95 Å². The summed E-state index contributed by atoms with van der Waals surface area (Å²) in [6.45, 7) is 7.18. The van der Waals surface area contributed by atoms with Gasteiger partial charge >= 0.3 is 0 Å². The number of piperidine rings is 1. The molecule has 1 atom stereocenters. The second-order valence-corrected chi connectivity index (χ2v) is 7.15. The number of aromatic nitrogens is 2. The van der Waals surface area contributed by atoms with Crippen LogP contribution in [0.25, 0.3) is 0 Å². The van der Waals surface area contributed by atoms with Crippen LogP contribution < -0.4 is 5.73 Å². The fourth-order valence-corrected chi connectivity index (χ4v) is 4.26. The molecule has 0 radical (unpaired) electrons. The van der Waals surface area contributed by atoms with Crippen molar-refractivity contribution in [2.45, 2.75) is 51.5 Å². The first-order valence-corrected chi connectivity index (χ1v) is 8.46. The maximum atomic E-state index is 5.87. The van der Waals surface area contributed by atoms with Gasteiger partial charge in [0, 0.05) is 18.2 Å². The number of nitrogen functional groups attached to an aromatic ring is 1. The highest BCUT2D eigenvalue weighted by Crippen LogP contribution is 2.44. The quantitative estimate of drug-likeness (QED) is 0.923. The highest BCUT2D eigenvalue weighted by atomic mass is 16.3. The van der Waals surface area contributed by atoms with Gasteiger partial charge in [0.1, 0.15) is 11.5 Å². The molecule has 4 rings (SSSR count). The van der Waals surface area contributed by atoms with E-state index in [9.17, 15) is 0 Å². The lowest BCUT2D eigenvalue weighted by Gasteiger charge is -2.40. The van der Waals surface area contributed by atoms with E-state index in [0.717, 1.165) is 44.0 Å². The highest BCUT2D eigenvalue weighted by Gasteiger charge is 2.43. The first-order chi connectivity index (χ1) is 11.1. The van der Waals surface area contributed by atoms with Crippen LogP contribution >= 0.6 is 0 Å². The molecule has 0 amide bonds. The minimum Gasteiger partial charge on any atom is -0.465 e. The van der Waals surface area contributed by atoms with Crippen molar-refractivity contribution in [1.82, 2.24) is 14.9 Å². The van der Waals surface area contributed by atoms with Gasteiger partial charge in [0.25, 0.3) is 0 Å². The van der Waals surface area contributed by atoms with E-state index in [0.29, 0.717) is 5.95 Å². The summed E-state index contributed by atoms with van der Waals surface area (Å²) in [5.41, 5.74) is 9.72. The van der Waals surface area contributed by atoms with E-state index in [1.165, 1.54) is 29.7 Å². The summed E-state index contributed by atoms with van der Waals surface area (Å²) in [7, 11) is 0. The van der Waals surface area contributed by atoms with E-state index in [1.807, 2.05) is 13.1 Å². The van der Waals surface area contributed by atoms with Gasteiger partial charge < -0.3 is 10.2 Å². The number of hydrogen-bond acceptors (Lipinski definition) is 5. The van der Waals surface area contributed by atoms with Gasteiger partial charge in [-0.15, -0.1) is 0 Å². The monoisotopic (exact) mass is 312 g/mol. The average molecular weight is 312 g/mol. The molecule has 1 saturated heterocycles. The first kappa shape index (κ1) is 14.7. The Balaban J connectivity index is 1.57. The number of likely N-dealkylation sites (tertiary alicyclic amines) is 1. The van der Waals surface area contributed by atoms with E-state index in [-0.39, 0.29) is 5.41 Å². The van der Waals surface area contributed by atoms with Gasteiger partial charge in [-0.1, -0.05) is 0 Å². The smallest absolute Gasteiger partial charge is 0.220 e. The summed E-state index contributed by atoms with van der Waals surface area (Å²) in [6, 6.07) is 2.17. The van der Waals surface area contributed by atoms with Crippen LogP contribution in [-0.2, 0) is 18.4 Å². The zero-order chi connectivity index (χ0) is 16.0. The number of rotatable bonds is 2. The molecule has 3 heterocycles. The van der Waals surface area contributed by atoms with Crippen LogP contribution in [0.3, 0.4) is 0 Å². The molecule has 2 aromatic rings. The molecule has 2 N–H and O–H groups in total. The molecule has 0 saturated carbocycles. The lowest BCUT2D eigenvalue weighted by molar-refractivity contribution is 0.128. The number of fused-ring (bicyclic) bond motifs is 2. The van der Waals surface area contributed by atoms with E-state index in [1.54, 1.807) is 0 Å². The normalized spacial score (nSPS) is 24.3. The molecule has 23 heavy (non-hydrogen) atoms. The summed E-state index contributed by atoms with van der Waals surface area (Å²) in [6.07, 6.45) is 6.55. The average Bonchev–Trinajstić information content (AvgIpc) is 3.01. The molecule has 122 valence electrons. The number of anilines is 1. The summed E-state index contributed by atoms with van der Waals surface area (Å²) in [5.74, 6) is 2.50. The van der Waals surface area contributed by atoms with Crippen LogP contribution in [0, 0.1) is 13.8 Å². The number of nitrogens with two attached hydrogens (primary N) is 1. The van der Waals surface area contributed by atoms with Crippen LogP contribution in [0.1, 0.15) is 47.6 Å². The molecular formula is C18H24N4O. The predicted molar refractivity (Wildman–Crippen MR) is 89.1 cm³/mol. The van der Waals surface area contributed by atoms with Crippen molar-refractivity contribution >= 4 is 5.95 Å². The first-order valence-electron chi connectivity index (χ1n) is 8.46. The van der Waals surface area contributed by atoms with Gasteiger partial charge in [-0.2, -0.15) is 0 Å². The van der Waals surface area contributed by atoms with Gasteiger partial charge in [-0.25, -0.2) is 9.97 Å². The third kappa shape index (κ3) is 2.53. The Bertz CT molecular complexity index is 715. The van der Waals surface area contributed by atoms with Gasteiger partial charge in [0.05, 0.1) is 12.2 Å². The minimum absolute atomic E-state index is 0.154. The number of aryl methyl sites for hydroxylation is 3. The summed E-state index contributed by atoms with van der Waals surface area (Å²) >= 11 is 0. The third-order valence-corrected chi connectivity index (χ3v) is 5.51. The van der Waals surface area contributed by atoms with Crippen LogP contribution in [0.5, 0.6) is 0 Å². The highest BCUT2D eigenvalue weighted by molar-refractivity contribution is 5.37. The number of furan rings is 1. The maximum Gasteiger partial charge on any atom is 0.220 e. The lowest BCUT2D eigenvalue weighted by Crippen LogP contribution is -2.45. The summed E-state index contributed by atoms with van der Waals surface area (Å²) in [5, 5.41) is 0. The Morgan fingerprint density at radius 2 is 2.22 bits per heavy atom. The molecule has 1 fully saturated rings. The van der Waals surface area contributed by atoms with Crippen LogP contribution in [0.15, 0.2) is 16.7 Å². The predicted octanol–water partition coefficient (Wildman–Crippen LogP) is 2.75. The fourth-order valence-electron chi connectivity index (χ4n) is 4.26. The Kier molecular flexibility index (Phi) is 3.41. The largest absolute Gasteiger partial charge is 0.465 e. The molecule has 1 unspecified atom stereocenters. The molecule has 1 aliphatic carbocycles. The van der Waals surface area contributed by atoms with Crippen LogP contribution in [-0.4, -0.2) is 28.0 Å². The van der Waals surface area contributed by atoms with E-state index in [4.69, 9.17) is 10.2 Å². The van der Waals surface area contributed by atoms with Gasteiger partial charge in [-0.3, -0.25) is 4.90 Å². The van der Waals surface area contributed by atoms with Crippen molar-refractivity contribution < 1.29 is 4.42 Å². The van der Waals surface area contributed by atoms with Crippen molar-refractivity contribution in [3.05, 3.63) is 40.6 Å². The SMILES string of the molecule is Cc1cc(CN2CCCC3(CCc4cnc(N)nc43)C2)oc1C. The molecule has 0 bridgehead atoms. The van der Waals surface area contributed by atoms with Crippen molar-refractivity contribution in [3.8, 4) is 0 Å². The lowest BCUT2D eigenvalue weighted by atomic mass is 9.77. The summed E-state index contributed by atoms with van der Waals surface area (Å²) < 4.78 is 5.87. The summed E-state index contributed by atoms with van der Waals surface area (Å²) in [4.78, 5) is 11.3. The third-order valence-electron chi connectivity index (χ3n) is 5.51. The zero-order valence-electron chi connectivity index (χ0n) is 13.9. The molecule has 2 aliphatic rings. The Morgan fingerprint density at radius 1 is 1.35 bits per heavy atom. The van der Waals surface area contributed by atoms with E-state index in [2.05, 4.69) is 27.9 Å². The minimum atomic E-state index is 0.154. The zero-order valence-corrected chi connectivity index (χ0v) is 13.9. The standard InChI is InChI=1S/C18H24N4O/c1-12-8-15(23-13(12)2)10-22-7-3-5-18(11-22)6-4-14-9-20-17(19)21-16(14)18/h8-9H,3-7,10-11H2,1-2H3,(H2,19,20,21). The molecule has 1 aliphatic heterocycles. The number of hydrogen-bond donors (Lipinski definition) is 1. The molecule has 1 spiro atoms. The van der Waals surface area contributed by atoms with Crippen molar-refractivity contribution in [2.24, 2.45) is 0 Å². The van der Waals surface area contributed by atoms with Crippen molar-refractivity contribution in [2.75, 3.05) is 18.8 Å². The van der Waals surface area contributed by atoms with E-state index < -0.39 is 0 Å². The van der Waals surface area contributed by atoms with Gasteiger partial charge in [0.15, 0.2) is 0 Å². The molecule has 5 heteroatoms. The maximum absolute atomic E-state index is 5.87. The fraction of sp³-hybridized carbons (Fsp3) is 0.556. The van der Waals surface area contributed by atoms with E-state index >= 15 is 0 Å². The molecule has 5 nitrogen and oxygen atoms in total. The van der Waals surface area contributed by atoms with Crippen LogP contribution in [0.2, 0.25) is 0 Å². The molecule has 0 aromatic carbocycles. The number of nitrogens with zero attached hydrogens (tertiary/aromatic N) is 3. The Labute approximate surface area is 136 Å².